The SMILES string of the molecule is CCCCC(CC)COc1ccc(PC(=O)c2c(C(F)(F)F)cccc2C(F)(F)F)c(C)c1.[LiH]. The van der Waals surface area contributed by atoms with Crippen LogP contribution < -0.4 is 10.0 Å². The summed E-state index contributed by atoms with van der Waals surface area (Å²) in [5.74, 6) is 0.947. The second kappa shape index (κ2) is 13.0. The molecule has 0 saturated heterocycles. The molecular weight excluding hydrogens is 472 g/mol. The Labute approximate surface area is 209 Å². The molecule has 0 N–H and O–H groups in total. The molecule has 2 aromatic rings. The van der Waals surface area contributed by atoms with Crippen molar-refractivity contribution in [3.8, 4) is 5.75 Å². The van der Waals surface area contributed by atoms with Gasteiger partial charge in [-0.2, -0.15) is 26.3 Å². The van der Waals surface area contributed by atoms with Crippen molar-refractivity contribution in [1.82, 2.24) is 0 Å². The molecule has 0 aliphatic heterocycles. The molecule has 184 valence electrons. The summed E-state index contributed by atoms with van der Waals surface area (Å²) in [7, 11) is -0.895. The van der Waals surface area contributed by atoms with Crippen LogP contribution >= 0.6 is 8.58 Å². The predicted molar refractivity (Wildman–Crippen MR) is 126 cm³/mol. The zero-order chi connectivity index (χ0) is 24.8. The average Bonchev–Trinajstić information content (AvgIpc) is 2.73. The Hall–Kier alpha value is -1.48. The number of ether oxygens (including phenoxy) is 1. The molecule has 0 aliphatic carbocycles. The van der Waals surface area contributed by atoms with Crippen molar-refractivity contribution in [3.63, 3.8) is 0 Å². The fourth-order valence-corrected chi connectivity index (χ4v) is 4.51. The summed E-state index contributed by atoms with van der Waals surface area (Å²) in [5, 5.41) is 0.371. The molecule has 2 atom stereocenters. The van der Waals surface area contributed by atoms with Gasteiger partial charge in [0, 0.05) is 5.56 Å². The first-order chi connectivity index (χ1) is 15.4. The third kappa shape index (κ3) is 8.32. The van der Waals surface area contributed by atoms with Gasteiger partial charge in [0.25, 0.3) is 0 Å². The fourth-order valence-electron chi connectivity index (χ4n) is 3.43. The maximum absolute atomic E-state index is 13.4. The number of unbranched alkanes of at least 4 members (excludes halogenated alkanes) is 1. The molecule has 0 amide bonds. The number of hydrogen-bond donors (Lipinski definition) is 0. The van der Waals surface area contributed by atoms with Crippen LogP contribution in [0, 0.1) is 12.8 Å². The van der Waals surface area contributed by atoms with Crippen molar-refractivity contribution < 1.29 is 35.9 Å². The van der Waals surface area contributed by atoms with Crippen LogP contribution in [-0.4, -0.2) is 31.0 Å². The van der Waals surface area contributed by atoms with E-state index in [0.29, 0.717) is 47.3 Å². The van der Waals surface area contributed by atoms with Gasteiger partial charge in [0.15, 0.2) is 5.52 Å². The van der Waals surface area contributed by atoms with Gasteiger partial charge < -0.3 is 4.74 Å². The van der Waals surface area contributed by atoms with Crippen LogP contribution in [0.25, 0.3) is 0 Å². The first-order valence-electron chi connectivity index (χ1n) is 10.7. The molecule has 0 aliphatic rings. The molecule has 2 unspecified atom stereocenters. The number of hydrogen-bond acceptors (Lipinski definition) is 2. The van der Waals surface area contributed by atoms with Crippen LogP contribution in [0.5, 0.6) is 5.75 Å². The van der Waals surface area contributed by atoms with E-state index in [9.17, 15) is 31.1 Å². The summed E-state index contributed by atoms with van der Waals surface area (Å²) >= 11 is 0. The average molecular weight is 500 g/mol. The van der Waals surface area contributed by atoms with Crippen LogP contribution in [0.1, 0.15) is 66.6 Å². The maximum atomic E-state index is 13.4. The minimum atomic E-state index is -5.09. The molecule has 0 spiro atoms. The Kier molecular flexibility index (Phi) is 11.7. The quantitative estimate of drug-likeness (QED) is 0.197. The molecular formula is C24H28F6LiO2P. The molecule has 0 fully saturated rings. The number of carbonyl (C=O) groups is 1. The molecule has 0 aromatic heterocycles. The van der Waals surface area contributed by atoms with Crippen molar-refractivity contribution in [1.29, 1.82) is 0 Å². The van der Waals surface area contributed by atoms with Crippen LogP contribution in [0.2, 0.25) is 0 Å². The molecule has 0 saturated carbocycles. The van der Waals surface area contributed by atoms with E-state index in [2.05, 4.69) is 13.8 Å². The number of alkyl halides is 6. The number of rotatable bonds is 10. The van der Waals surface area contributed by atoms with Gasteiger partial charge in [-0.1, -0.05) is 45.2 Å². The van der Waals surface area contributed by atoms with Gasteiger partial charge in [0.05, 0.1) is 17.7 Å². The van der Waals surface area contributed by atoms with E-state index in [-0.39, 0.29) is 18.9 Å². The van der Waals surface area contributed by atoms with E-state index in [1.807, 2.05) is 0 Å². The summed E-state index contributed by atoms with van der Waals surface area (Å²) in [6.45, 7) is 6.36. The van der Waals surface area contributed by atoms with Crippen molar-refractivity contribution >= 4 is 38.3 Å². The standard InChI is InChI=1S/C24H27F6O2P.Li.H/c1-4-6-8-16(5-2)14-32-17-11-12-20(15(3)13-17)33-22(31)21-18(23(25,26)27)9-7-10-19(21)24(28,29)30;;/h7,9-13,16,33H,4-6,8,14H2,1-3H3;;. The normalized spacial score (nSPS) is 13.1. The topological polar surface area (TPSA) is 26.3 Å². The minimum absolute atomic E-state index is 0. The summed E-state index contributed by atoms with van der Waals surface area (Å²) in [4.78, 5) is 12.7. The predicted octanol–water partition coefficient (Wildman–Crippen LogP) is 7.12. The van der Waals surface area contributed by atoms with Gasteiger partial charge in [-0.25, -0.2) is 0 Å². The molecule has 34 heavy (non-hydrogen) atoms. The summed E-state index contributed by atoms with van der Waals surface area (Å²) in [6.07, 6.45) is -5.98. The molecule has 0 bridgehead atoms. The second-order valence-corrected chi connectivity index (χ2v) is 9.12. The van der Waals surface area contributed by atoms with Gasteiger partial charge >= 0.3 is 31.2 Å². The van der Waals surface area contributed by atoms with E-state index in [1.54, 1.807) is 19.1 Å². The first-order valence-corrected chi connectivity index (χ1v) is 11.7. The zero-order valence-electron chi connectivity index (χ0n) is 18.7. The van der Waals surface area contributed by atoms with Crippen LogP contribution in [0.15, 0.2) is 36.4 Å². The van der Waals surface area contributed by atoms with Crippen molar-refractivity contribution in [3.05, 3.63) is 58.7 Å². The van der Waals surface area contributed by atoms with Gasteiger partial charge in [-0.3, -0.25) is 4.79 Å². The number of benzene rings is 2. The van der Waals surface area contributed by atoms with E-state index in [0.717, 1.165) is 25.7 Å². The molecule has 10 heteroatoms. The molecule has 2 rings (SSSR count). The van der Waals surface area contributed by atoms with Crippen molar-refractivity contribution in [2.45, 2.75) is 58.8 Å². The van der Waals surface area contributed by atoms with Crippen molar-refractivity contribution in [2.75, 3.05) is 6.61 Å². The summed E-state index contributed by atoms with van der Waals surface area (Å²) < 4.78 is 86.1. The van der Waals surface area contributed by atoms with Gasteiger partial charge in [0.1, 0.15) is 5.75 Å². The van der Waals surface area contributed by atoms with E-state index in [4.69, 9.17) is 4.74 Å². The van der Waals surface area contributed by atoms with Crippen molar-refractivity contribution in [2.24, 2.45) is 5.92 Å². The zero-order valence-corrected chi connectivity index (χ0v) is 19.7. The van der Waals surface area contributed by atoms with Gasteiger partial charge in [0.2, 0.25) is 0 Å². The molecule has 0 heterocycles. The Bertz CT molecular complexity index is 927. The fraction of sp³-hybridized carbons (Fsp3) is 0.458. The number of carbonyl (C=O) groups excluding carboxylic acids is 1. The first kappa shape index (κ1) is 30.5. The summed E-state index contributed by atoms with van der Waals surface area (Å²) in [6, 6.07) is 6.43. The van der Waals surface area contributed by atoms with Crippen LogP contribution in [-0.2, 0) is 12.4 Å². The molecule has 2 nitrogen and oxygen atoms in total. The number of halogens is 6. The number of aryl methyl sites for hydroxylation is 1. The van der Waals surface area contributed by atoms with E-state index >= 15 is 0 Å². The van der Waals surface area contributed by atoms with E-state index in [1.165, 1.54) is 6.07 Å². The van der Waals surface area contributed by atoms with E-state index < -0.39 is 43.1 Å². The summed E-state index contributed by atoms with van der Waals surface area (Å²) in [5.41, 5.74) is -5.14. The Morgan fingerprint density at radius 1 is 1.00 bits per heavy atom. The van der Waals surface area contributed by atoms with Gasteiger partial charge in [-0.05, 0) is 63.0 Å². The monoisotopic (exact) mass is 500 g/mol. The Balaban J connectivity index is 0.00000578. The molecule has 2 aromatic carbocycles. The second-order valence-electron chi connectivity index (χ2n) is 7.88. The third-order valence-electron chi connectivity index (χ3n) is 5.38. The van der Waals surface area contributed by atoms with Crippen LogP contribution in [0.3, 0.4) is 0 Å². The third-order valence-corrected chi connectivity index (χ3v) is 6.68. The van der Waals surface area contributed by atoms with Crippen LogP contribution in [0.4, 0.5) is 26.3 Å². The van der Waals surface area contributed by atoms with Gasteiger partial charge in [-0.15, -0.1) is 0 Å². The Morgan fingerprint density at radius 2 is 1.59 bits per heavy atom. The molecule has 0 radical (unpaired) electrons. The Morgan fingerprint density at radius 3 is 2.06 bits per heavy atom.